The lowest BCUT2D eigenvalue weighted by Gasteiger charge is -2.20. The molecule has 158 valence electrons. The fourth-order valence-corrected chi connectivity index (χ4v) is 2.58. The van der Waals surface area contributed by atoms with Crippen molar-refractivity contribution in [2.75, 3.05) is 13.2 Å². The van der Waals surface area contributed by atoms with E-state index in [1.54, 1.807) is 31.2 Å². The second-order valence-corrected chi connectivity index (χ2v) is 6.68. The molecule has 8 heteroatoms. The van der Waals surface area contributed by atoms with Crippen molar-refractivity contribution in [1.29, 1.82) is 0 Å². The van der Waals surface area contributed by atoms with Gasteiger partial charge in [0.2, 0.25) is 0 Å². The number of halogens is 1. The maximum absolute atomic E-state index is 12.3. The predicted molar refractivity (Wildman–Crippen MR) is 111 cm³/mol. The van der Waals surface area contributed by atoms with Crippen molar-refractivity contribution in [3.8, 4) is 11.8 Å². The molecule has 0 fully saturated rings. The zero-order valence-electron chi connectivity index (χ0n) is 16.6. The number of hydrogen-bond acceptors (Lipinski definition) is 5. The summed E-state index contributed by atoms with van der Waals surface area (Å²) >= 11 is 0. The molecule has 0 saturated carbocycles. The number of nitrogens with two attached hydrogens (primary N) is 1. The summed E-state index contributed by atoms with van der Waals surface area (Å²) < 4.78 is 12.1. The minimum Gasteiger partial charge on any atom is -0.339 e. The molecule has 30 heavy (non-hydrogen) atoms. The Bertz CT molecular complexity index is 903. The third-order valence-corrected chi connectivity index (χ3v) is 4.26. The Balaban J connectivity index is 1.99. The van der Waals surface area contributed by atoms with E-state index in [4.69, 9.17) is 10.9 Å². The van der Waals surface area contributed by atoms with E-state index in [-0.39, 0.29) is 0 Å². The Morgan fingerprint density at radius 3 is 2.13 bits per heavy atom. The largest absolute Gasteiger partial charge is 0.339 e. The molecule has 0 radical (unpaired) electrons. The Morgan fingerprint density at radius 2 is 1.63 bits per heavy atom. The first-order valence-electron chi connectivity index (χ1n) is 9.42. The predicted octanol–water partition coefficient (Wildman–Crippen LogP) is 1.10. The molecule has 7 nitrogen and oxygen atoms in total. The van der Waals surface area contributed by atoms with Crippen LogP contribution in [-0.2, 0) is 11.3 Å². The highest BCUT2D eigenvalue weighted by Crippen LogP contribution is 2.07. The van der Waals surface area contributed by atoms with Crippen molar-refractivity contribution in [3.05, 3.63) is 70.8 Å². The molecule has 0 heterocycles. The van der Waals surface area contributed by atoms with E-state index < -0.39 is 30.6 Å². The van der Waals surface area contributed by atoms with Gasteiger partial charge in [0, 0.05) is 35.8 Å². The lowest BCUT2D eigenvalue weighted by atomic mass is 10.1. The van der Waals surface area contributed by atoms with Gasteiger partial charge in [0.1, 0.15) is 12.7 Å². The van der Waals surface area contributed by atoms with Gasteiger partial charge in [-0.15, -0.1) is 0 Å². The molecule has 0 aliphatic rings. The van der Waals surface area contributed by atoms with Gasteiger partial charge in [-0.1, -0.05) is 24.0 Å². The molecular formula is C22H25FN4O3. The van der Waals surface area contributed by atoms with E-state index in [1.165, 1.54) is 5.48 Å². The minimum absolute atomic E-state index is 0.329. The number of rotatable bonds is 8. The second kappa shape index (κ2) is 11.7. The SMILES string of the molecule is C[C@@H](N)[C@H](NC(=O)c1ccc(C#Cc2ccc(CNCCF)cc2)cc1)C(=O)NO. The Labute approximate surface area is 174 Å². The first-order valence-corrected chi connectivity index (χ1v) is 9.42. The van der Waals surface area contributed by atoms with Crippen LogP contribution in [0.2, 0.25) is 0 Å². The molecule has 2 atom stereocenters. The van der Waals surface area contributed by atoms with Crippen molar-refractivity contribution < 1.29 is 19.2 Å². The van der Waals surface area contributed by atoms with Gasteiger partial charge < -0.3 is 16.4 Å². The van der Waals surface area contributed by atoms with Crippen LogP contribution in [-0.4, -0.2) is 42.3 Å². The van der Waals surface area contributed by atoms with Gasteiger partial charge in [0.05, 0.1) is 0 Å². The lowest BCUT2D eigenvalue weighted by molar-refractivity contribution is -0.131. The van der Waals surface area contributed by atoms with E-state index in [0.29, 0.717) is 18.7 Å². The lowest BCUT2D eigenvalue weighted by Crippen LogP contribution is -2.54. The molecule has 2 aromatic rings. The van der Waals surface area contributed by atoms with Crippen LogP contribution < -0.4 is 21.8 Å². The smallest absolute Gasteiger partial charge is 0.267 e. The third kappa shape index (κ3) is 6.97. The molecule has 0 bridgehead atoms. The molecule has 0 aliphatic carbocycles. The second-order valence-electron chi connectivity index (χ2n) is 6.68. The monoisotopic (exact) mass is 412 g/mol. The highest BCUT2D eigenvalue weighted by Gasteiger charge is 2.24. The Kier molecular flexibility index (Phi) is 8.97. The Morgan fingerprint density at radius 1 is 1.07 bits per heavy atom. The number of benzene rings is 2. The van der Waals surface area contributed by atoms with Crippen molar-refractivity contribution in [2.24, 2.45) is 5.73 Å². The van der Waals surface area contributed by atoms with Crippen molar-refractivity contribution in [2.45, 2.75) is 25.6 Å². The first kappa shape index (κ1) is 23.0. The van der Waals surface area contributed by atoms with E-state index >= 15 is 0 Å². The molecule has 0 saturated heterocycles. The van der Waals surface area contributed by atoms with Crippen LogP contribution >= 0.6 is 0 Å². The van der Waals surface area contributed by atoms with E-state index in [9.17, 15) is 14.0 Å². The summed E-state index contributed by atoms with van der Waals surface area (Å²) in [4.78, 5) is 23.9. The quantitative estimate of drug-likeness (QED) is 0.193. The fourth-order valence-electron chi connectivity index (χ4n) is 2.58. The van der Waals surface area contributed by atoms with E-state index in [0.717, 1.165) is 16.7 Å². The molecule has 2 rings (SSSR count). The van der Waals surface area contributed by atoms with Gasteiger partial charge >= 0.3 is 0 Å². The molecule has 2 aromatic carbocycles. The summed E-state index contributed by atoms with van der Waals surface area (Å²) in [6, 6.07) is 12.5. The highest BCUT2D eigenvalue weighted by molar-refractivity contribution is 5.97. The number of carbonyl (C=O) groups excluding carboxylic acids is 2. The molecular weight excluding hydrogens is 387 g/mol. The molecule has 0 spiro atoms. The van der Waals surface area contributed by atoms with Crippen molar-refractivity contribution >= 4 is 11.8 Å². The highest BCUT2D eigenvalue weighted by atomic mass is 19.1. The minimum atomic E-state index is -1.06. The summed E-state index contributed by atoms with van der Waals surface area (Å²) in [6.45, 7) is 2.09. The molecule has 6 N–H and O–H groups in total. The number of hydrogen-bond donors (Lipinski definition) is 5. The summed E-state index contributed by atoms with van der Waals surface area (Å²) in [5.74, 6) is 4.79. The first-order chi connectivity index (χ1) is 14.4. The van der Waals surface area contributed by atoms with Gasteiger partial charge in [-0.2, -0.15) is 0 Å². The fraction of sp³-hybridized carbons (Fsp3) is 0.273. The zero-order chi connectivity index (χ0) is 21.9. The topological polar surface area (TPSA) is 116 Å². The maximum atomic E-state index is 12.3. The van der Waals surface area contributed by atoms with Gasteiger partial charge in [-0.05, 0) is 48.9 Å². The molecule has 0 aliphatic heterocycles. The number of carbonyl (C=O) groups is 2. The van der Waals surface area contributed by atoms with Crippen LogP contribution in [0.1, 0.15) is 34.0 Å². The van der Waals surface area contributed by atoms with E-state index in [1.807, 2.05) is 24.3 Å². The zero-order valence-corrected chi connectivity index (χ0v) is 16.6. The van der Waals surface area contributed by atoms with Gasteiger partial charge in [0.25, 0.3) is 11.8 Å². The van der Waals surface area contributed by atoms with Gasteiger partial charge in [-0.3, -0.25) is 14.8 Å². The summed E-state index contributed by atoms with van der Waals surface area (Å²) in [6.07, 6.45) is 0. The third-order valence-electron chi connectivity index (χ3n) is 4.26. The summed E-state index contributed by atoms with van der Waals surface area (Å²) in [5.41, 5.74) is 10.1. The molecule has 0 aromatic heterocycles. The van der Waals surface area contributed by atoms with Crippen LogP contribution in [0, 0.1) is 11.8 Å². The standard InChI is InChI=1S/C22H25FN4O3/c1-15(24)20(22(29)27-30)26-21(28)19-10-8-17(9-11-19)3-2-16-4-6-18(7-5-16)14-25-13-12-23/h4-11,15,20,25,30H,12-14,24H2,1H3,(H,26,28)(H,27,29)/t15-,20+/m1/s1. The van der Waals surface area contributed by atoms with Crippen molar-refractivity contribution in [3.63, 3.8) is 0 Å². The average Bonchev–Trinajstić information content (AvgIpc) is 2.76. The van der Waals surface area contributed by atoms with Crippen LogP contribution in [0.15, 0.2) is 48.5 Å². The summed E-state index contributed by atoms with van der Waals surface area (Å²) in [7, 11) is 0. The van der Waals surface area contributed by atoms with Crippen LogP contribution in [0.25, 0.3) is 0 Å². The van der Waals surface area contributed by atoms with Crippen LogP contribution in [0.4, 0.5) is 4.39 Å². The average molecular weight is 412 g/mol. The Hall–Kier alpha value is -3.25. The van der Waals surface area contributed by atoms with Gasteiger partial charge in [0.15, 0.2) is 0 Å². The van der Waals surface area contributed by atoms with Crippen LogP contribution in [0.5, 0.6) is 0 Å². The number of nitrogens with one attached hydrogen (secondary N) is 3. The molecule has 2 amide bonds. The van der Waals surface area contributed by atoms with Crippen LogP contribution in [0.3, 0.4) is 0 Å². The maximum Gasteiger partial charge on any atom is 0.267 e. The number of hydroxylamine groups is 1. The van der Waals surface area contributed by atoms with E-state index in [2.05, 4.69) is 22.5 Å². The number of alkyl halides is 1. The van der Waals surface area contributed by atoms with Gasteiger partial charge in [-0.25, -0.2) is 9.87 Å². The number of amides is 2. The summed E-state index contributed by atoms with van der Waals surface area (Å²) in [5, 5.41) is 14.2. The normalized spacial score (nSPS) is 12.3. The molecule has 0 unspecified atom stereocenters. The van der Waals surface area contributed by atoms with Crippen molar-refractivity contribution in [1.82, 2.24) is 16.1 Å².